The summed E-state index contributed by atoms with van der Waals surface area (Å²) in [6, 6.07) is 9.28. The minimum absolute atomic E-state index is 0.172. The van der Waals surface area contributed by atoms with Crippen LogP contribution in [0.3, 0.4) is 0 Å². The van der Waals surface area contributed by atoms with Crippen LogP contribution in [0.15, 0.2) is 35.4 Å². The monoisotopic (exact) mass is 293 g/mol. The molecule has 0 aliphatic carbocycles. The molecule has 1 aromatic rings. The van der Waals surface area contributed by atoms with E-state index >= 15 is 0 Å². The van der Waals surface area contributed by atoms with Gasteiger partial charge in [-0.05, 0) is 5.53 Å². The average molecular weight is 293 g/mol. The average Bonchev–Trinajstić information content (AvgIpc) is 2.53. The van der Waals surface area contributed by atoms with Crippen molar-refractivity contribution in [2.24, 2.45) is 5.11 Å². The lowest BCUT2D eigenvalue weighted by Crippen LogP contribution is -2.61. The summed E-state index contributed by atoms with van der Waals surface area (Å²) in [6.07, 6.45) is -5.67. The third-order valence-corrected chi connectivity index (χ3v) is 3.59. The van der Waals surface area contributed by atoms with E-state index in [1.807, 2.05) is 30.3 Å². The Morgan fingerprint density at radius 1 is 1.14 bits per heavy atom. The third-order valence-electron chi connectivity index (χ3n) is 3.59. The fourth-order valence-electron chi connectivity index (χ4n) is 2.52. The van der Waals surface area contributed by atoms with Gasteiger partial charge in [-0.25, -0.2) is 0 Å². The number of rotatable bonds is 2. The summed E-state index contributed by atoms with van der Waals surface area (Å²) in [5.74, 6) is 0. The second kappa shape index (κ2) is 5.98. The van der Waals surface area contributed by atoms with Crippen molar-refractivity contribution in [3.8, 4) is 0 Å². The van der Waals surface area contributed by atoms with Gasteiger partial charge in [0.1, 0.15) is 24.4 Å². The van der Waals surface area contributed by atoms with Crippen molar-refractivity contribution >= 4 is 0 Å². The van der Waals surface area contributed by atoms with E-state index in [0.717, 1.165) is 5.56 Å². The first kappa shape index (κ1) is 14.3. The molecule has 112 valence electrons. The fraction of sp³-hybridized carbons (Fsp3) is 0.538. The second-order valence-electron chi connectivity index (χ2n) is 4.93. The van der Waals surface area contributed by atoms with Crippen LogP contribution in [0.2, 0.25) is 0 Å². The lowest BCUT2D eigenvalue weighted by molar-refractivity contribution is -0.327. The molecule has 21 heavy (non-hydrogen) atoms. The Labute approximate surface area is 120 Å². The van der Waals surface area contributed by atoms with Gasteiger partial charge in [0.15, 0.2) is 12.5 Å². The first-order valence-electron chi connectivity index (χ1n) is 6.58. The Balaban J connectivity index is 1.76. The molecular formula is C13H15N3O5. The Hall–Kier alpha value is -1.67. The molecule has 3 rings (SSSR count). The van der Waals surface area contributed by atoms with Crippen molar-refractivity contribution in [1.82, 2.24) is 0 Å². The van der Waals surface area contributed by atoms with E-state index in [2.05, 4.69) is 10.0 Å². The highest BCUT2D eigenvalue weighted by atomic mass is 16.7. The molecular weight excluding hydrogens is 278 g/mol. The van der Waals surface area contributed by atoms with Gasteiger partial charge in [-0.15, -0.1) is 0 Å². The molecule has 8 nitrogen and oxygen atoms in total. The van der Waals surface area contributed by atoms with E-state index in [0.29, 0.717) is 0 Å². The summed E-state index contributed by atoms with van der Waals surface area (Å²) in [4.78, 5) is 2.59. The number of aliphatic hydroxyl groups is 2. The van der Waals surface area contributed by atoms with Gasteiger partial charge in [0, 0.05) is 10.5 Å². The molecule has 2 saturated heterocycles. The van der Waals surface area contributed by atoms with Gasteiger partial charge in [-0.2, -0.15) is 0 Å². The highest BCUT2D eigenvalue weighted by Gasteiger charge is 2.48. The summed E-state index contributed by atoms with van der Waals surface area (Å²) in [6.45, 7) is 0.172. The summed E-state index contributed by atoms with van der Waals surface area (Å²) in [5, 5.41) is 23.4. The standard InChI is InChI=1S/C13H15N3O5/c14-16-15-12-10(18)9(17)11-8(20-12)6-19-13(21-11)7-4-2-1-3-5-7/h1-5,8-13,17-18H,6H2/t8-,9-,10-,11-,12-,13?/m1/s1. The van der Waals surface area contributed by atoms with Crippen molar-refractivity contribution < 1.29 is 24.4 Å². The van der Waals surface area contributed by atoms with Crippen molar-refractivity contribution in [1.29, 1.82) is 0 Å². The third kappa shape index (κ3) is 2.73. The van der Waals surface area contributed by atoms with Gasteiger partial charge in [0.05, 0.1) is 6.61 Å². The van der Waals surface area contributed by atoms with Crippen molar-refractivity contribution in [2.45, 2.75) is 36.9 Å². The SMILES string of the molecule is [N-]=[N+]=N[C@@H]1O[C@@H]2COC(c3ccccc3)O[C@H]2[C@H](O)[C@H]1O. The van der Waals surface area contributed by atoms with Gasteiger partial charge in [0.25, 0.3) is 0 Å². The number of fused-ring (bicyclic) bond motifs is 1. The molecule has 2 N–H and O–H groups in total. The molecule has 0 bridgehead atoms. The Morgan fingerprint density at radius 3 is 2.62 bits per heavy atom. The zero-order valence-electron chi connectivity index (χ0n) is 11.0. The lowest BCUT2D eigenvalue weighted by atomic mass is 9.97. The van der Waals surface area contributed by atoms with Gasteiger partial charge in [0.2, 0.25) is 0 Å². The van der Waals surface area contributed by atoms with E-state index in [9.17, 15) is 10.2 Å². The molecule has 2 fully saturated rings. The smallest absolute Gasteiger partial charge is 0.184 e. The van der Waals surface area contributed by atoms with Crippen LogP contribution in [0.1, 0.15) is 11.9 Å². The Morgan fingerprint density at radius 2 is 1.90 bits per heavy atom. The number of ether oxygens (including phenoxy) is 3. The van der Waals surface area contributed by atoms with Gasteiger partial charge >= 0.3 is 0 Å². The number of aliphatic hydroxyl groups excluding tert-OH is 2. The van der Waals surface area contributed by atoms with Crippen LogP contribution >= 0.6 is 0 Å². The van der Waals surface area contributed by atoms with E-state index in [1.54, 1.807) is 0 Å². The number of hydrogen-bond donors (Lipinski definition) is 2. The first-order valence-corrected chi connectivity index (χ1v) is 6.58. The minimum atomic E-state index is -1.34. The van der Waals surface area contributed by atoms with Crippen LogP contribution in [0, 0.1) is 0 Å². The van der Waals surface area contributed by atoms with Gasteiger partial charge < -0.3 is 24.4 Å². The summed E-state index contributed by atoms with van der Waals surface area (Å²) < 4.78 is 16.7. The molecule has 2 aliphatic heterocycles. The molecule has 1 unspecified atom stereocenters. The lowest BCUT2D eigenvalue weighted by Gasteiger charge is -2.45. The molecule has 0 radical (unpaired) electrons. The number of hydrogen-bond acceptors (Lipinski definition) is 6. The maximum atomic E-state index is 10.1. The van der Waals surface area contributed by atoms with Crippen LogP contribution in [0.25, 0.3) is 10.4 Å². The first-order chi connectivity index (χ1) is 10.2. The Bertz CT molecular complexity index is 534. The fourth-order valence-corrected chi connectivity index (χ4v) is 2.52. The van der Waals surface area contributed by atoms with E-state index < -0.39 is 36.9 Å². The highest BCUT2D eigenvalue weighted by Crippen LogP contribution is 2.34. The maximum absolute atomic E-state index is 10.1. The van der Waals surface area contributed by atoms with Crippen LogP contribution in [-0.4, -0.2) is 47.5 Å². The predicted molar refractivity (Wildman–Crippen MR) is 69.8 cm³/mol. The molecule has 6 atom stereocenters. The van der Waals surface area contributed by atoms with Crippen molar-refractivity contribution in [3.63, 3.8) is 0 Å². The zero-order chi connectivity index (χ0) is 14.8. The predicted octanol–water partition coefficient (Wildman–Crippen LogP) is 0.858. The Kier molecular flexibility index (Phi) is 4.07. The number of benzene rings is 1. The molecule has 2 heterocycles. The van der Waals surface area contributed by atoms with Crippen LogP contribution in [0.4, 0.5) is 0 Å². The summed E-state index contributed by atoms with van der Waals surface area (Å²) in [7, 11) is 0. The van der Waals surface area contributed by atoms with Crippen molar-refractivity contribution in [2.75, 3.05) is 6.61 Å². The van der Waals surface area contributed by atoms with E-state index in [4.69, 9.17) is 19.7 Å². The molecule has 0 aromatic heterocycles. The van der Waals surface area contributed by atoms with Crippen LogP contribution < -0.4 is 0 Å². The highest BCUT2D eigenvalue weighted by molar-refractivity contribution is 5.16. The molecule has 2 aliphatic rings. The van der Waals surface area contributed by atoms with Crippen molar-refractivity contribution in [3.05, 3.63) is 46.3 Å². The summed E-state index contributed by atoms with van der Waals surface area (Å²) in [5.41, 5.74) is 9.25. The normalized spacial score (nSPS) is 39.1. The van der Waals surface area contributed by atoms with E-state index in [1.165, 1.54) is 0 Å². The second-order valence-corrected chi connectivity index (χ2v) is 4.93. The molecule has 0 spiro atoms. The summed E-state index contributed by atoms with van der Waals surface area (Å²) >= 11 is 0. The molecule has 0 saturated carbocycles. The van der Waals surface area contributed by atoms with Gasteiger partial charge in [-0.3, -0.25) is 0 Å². The number of nitrogens with zero attached hydrogens (tertiary/aromatic N) is 3. The maximum Gasteiger partial charge on any atom is 0.184 e. The van der Waals surface area contributed by atoms with Crippen LogP contribution in [-0.2, 0) is 14.2 Å². The van der Waals surface area contributed by atoms with Gasteiger partial charge in [-0.1, -0.05) is 35.4 Å². The molecule has 0 amide bonds. The number of azide groups is 1. The quantitative estimate of drug-likeness (QED) is 0.476. The molecule has 1 aromatic carbocycles. The minimum Gasteiger partial charge on any atom is -0.387 e. The molecule has 8 heteroatoms. The zero-order valence-corrected chi connectivity index (χ0v) is 11.0. The topological polar surface area (TPSA) is 117 Å². The largest absolute Gasteiger partial charge is 0.387 e. The van der Waals surface area contributed by atoms with E-state index in [-0.39, 0.29) is 6.61 Å². The van der Waals surface area contributed by atoms with Crippen LogP contribution in [0.5, 0.6) is 0 Å².